The third-order valence-electron chi connectivity index (χ3n) is 4.34. The van der Waals surface area contributed by atoms with Crippen LogP contribution in [0.3, 0.4) is 0 Å². The summed E-state index contributed by atoms with van der Waals surface area (Å²) in [5.74, 6) is 1.85. The largest absolute Gasteiger partial charge is 0.463 e. The van der Waals surface area contributed by atoms with Crippen molar-refractivity contribution in [1.82, 2.24) is 25.0 Å². The summed E-state index contributed by atoms with van der Waals surface area (Å²) < 4.78 is 19.5. The molecule has 9 nitrogen and oxygen atoms in total. The Bertz CT molecular complexity index is 1210. The number of rotatable bonds is 5. The molecule has 1 N–H and O–H groups in total. The summed E-state index contributed by atoms with van der Waals surface area (Å²) in [4.78, 5) is 4.38. The molecule has 5 rings (SSSR count). The SMILES string of the molecule is Brc1cnn(-c2ncccc2-c2nnc(NC3=COC=C(C4=CC=CCC4)O3)o2)c1. The first kappa shape index (κ1) is 18.4. The van der Waals surface area contributed by atoms with Gasteiger partial charge in [0.25, 0.3) is 5.89 Å². The van der Waals surface area contributed by atoms with E-state index in [4.69, 9.17) is 13.9 Å². The molecule has 0 unspecified atom stereocenters. The van der Waals surface area contributed by atoms with Crippen LogP contribution in [0.4, 0.5) is 6.01 Å². The number of hydrogen-bond donors (Lipinski definition) is 1. The van der Waals surface area contributed by atoms with E-state index in [9.17, 15) is 0 Å². The zero-order valence-electron chi connectivity index (χ0n) is 15.5. The smallest absolute Gasteiger partial charge is 0.322 e. The number of anilines is 1. The van der Waals surface area contributed by atoms with Crippen molar-refractivity contribution < 1.29 is 13.9 Å². The quantitative estimate of drug-likeness (QED) is 0.588. The average Bonchev–Trinajstić information content (AvgIpc) is 3.44. The molecular formula is C20H15BrN6O3. The molecule has 0 spiro atoms. The standard InChI is InChI=1S/C20H15BrN6O3/c21-14-9-23-27(10-14)18-15(7-4-8-22-18)19-25-26-20(30-19)24-17-12-28-11-16(29-17)13-5-2-1-3-6-13/h1-2,4-5,7-12H,3,6H2,(H,24,26). The Hall–Kier alpha value is -3.66. The van der Waals surface area contributed by atoms with E-state index in [1.807, 2.05) is 18.2 Å². The van der Waals surface area contributed by atoms with Crippen molar-refractivity contribution >= 4 is 21.9 Å². The van der Waals surface area contributed by atoms with E-state index >= 15 is 0 Å². The van der Waals surface area contributed by atoms with Crippen LogP contribution in [0.25, 0.3) is 17.3 Å². The number of nitrogens with one attached hydrogen (secondary N) is 1. The Morgan fingerprint density at radius 3 is 3.00 bits per heavy atom. The van der Waals surface area contributed by atoms with Gasteiger partial charge in [-0.05, 0) is 46.5 Å². The fourth-order valence-corrected chi connectivity index (χ4v) is 3.26. The van der Waals surface area contributed by atoms with Gasteiger partial charge < -0.3 is 13.9 Å². The van der Waals surface area contributed by atoms with E-state index in [-0.39, 0.29) is 6.01 Å². The predicted molar refractivity (Wildman–Crippen MR) is 111 cm³/mol. The minimum Gasteiger partial charge on any atom is -0.463 e. The molecule has 0 atom stereocenters. The lowest BCUT2D eigenvalue weighted by Gasteiger charge is -2.18. The van der Waals surface area contributed by atoms with Crippen LogP contribution in [0.2, 0.25) is 0 Å². The van der Waals surface area contributed by atoms with Crippen LogP contribution < -0.4 is 5.32 Å². The molecule has 0 saturated heterocycles. The highest BCUT2D eigenvalue weighted by Crippen LogP contribution is 2.28. The van der Waals surface area contributed by atoms with Gasteiger partial charge in [0.05, 0.1) is 16.2 Å². The molecule has 0 amide bonds. The van der Waals surface area contributed by atoms with Crippen molar-refractivity contribution in [2.24, 2.45) is 0 Å². The van der Waals surface area contributed by atoms with Crippen molar-refractivity contribution in [3.63, 3.8) is 0 Å². The molecule has 1 aliphatic heterocycles. The second-order valence-corrected chi connectivity index (χ2v) is 7.29. The molecule has 1 aliphatic carbocycles. The summed E-state index contributed by atoms with van der Waals surface area (Å²) in [6.07, 6.45) is 16.1. The molecule has 150 valence electrons. The fraction of sp³-hybridized carbons (Fsp3) is 0.100. The Morgan fingerprint density at radius 1 is 1.20 bits per heavy atom. The minimum absolute atomic E-state index is 0.162. The number of hydrogen-bond acceptors (Lipinski definition) is 8. The lowest BCUT2D eigenvalue weighted by molar-refractivity contribution is 0.232. The molecule has 0 saturated carbocycles. The highest BCUT2D eigenvalue weighted by atomic mass is 79.9. The van der Waals surface area contributed by atoms with E-state index in [0.29, 0.717) is 28.9 Å². The van der Waals surface area contributed by atoms with Crippen LogP contribution in [0.1, 0.15) is 12.8 Å². The number of pyridine rings is 1. The van der Waals surface area contributed by atoms with Gasteiger partial charge in [-0.25, -0.2) is 9.67 Å². The van der Waals surface area contributed by atoms with Gasteiger partial charge in [-0.15, -0.1) is 5.10 Å². The zero-order chi connectivity index (χ0) is 20.3. The number of nitrogens with zero attached hydrogens (tertiary/aromatic N) is 5. The highest BCUT2D eigenvalue weighted by molar-refractivity contribution is 9.10. The third-order valence-corrected chi connectivity index (χ3v) is 4.75. The average molecular weight is 467 g/mol. The summed E-state index contributed by atoms with van der Waals surface area (Å²) in [7, 11) is 0. The molecule has 3 aromatic heterocycles. The molecule has 0 radical (unpaired) electrons. The van der Waals surface area contributed by atoms with Crippen molar-refractivity contribution in [2.45, 2.75) is 12.8 Å². The van der Waals surface area contributed by atoms with E-state index in [2.05, 4.69) is 47.6 Å². The van der Waals surface area contributed by atoms with Crippen LogP contribution in [-0.4, -0.2) is 25.0 Å². The van der Waals surface area contributed by atoms with Gasteiger partial charge in [0, 0.05) is 12.4 Å². The molecule has 10 heteroatoms. The third kappa shape index (κ3) is 3.77. The maximum absolute atomic E-state index is 5.87. The van der Waals surface area contributed by atoms with Gasteiger partial charge in [-0.1, -0.05) is 23.3 Å². The molecule has 4 heterocycles. The maximum Gasteiger partial charge on any atom is 0.322 e. The fourth-order valence-electron chi connectivity index (χ4n) is 2.98. The number of ether oxygens (including phenoxy) is 2. The zero-order valence-corrected chi connectivity index (χ0v) is 17.1. The first-order valence-corrected chi connectivity index (χ1v) is 9.92. The highest BCUT2D eigenvalue weighted by Gasteiger charge is 2.19. The van der Waals surface area contributed by atoms with E-state index in [1.165, 1.54) is 6.26 Å². The topological polar surface area (TPSA) is 100 Å². The van der Waals surface area contributed by atoms with Crippen molar-refractivity contribution in [2.75, 3.05) is 5.32 Å². The van der Waals surface area contributed by atoms with E-state index in [0.717, 1.165) is 22.9 Å². The normalized spacial score (nSPS) is 15.6. The predicted octanol–water partition coefficient (Wildman–Crippen LogP) is 4.46. The molecular weight excluding hydrogens is 452 g/mol. The lowest BCUT2D eigenvalue weighted by Crippen LogP contribution is -2.10. The second kappa shape index (κ2) is 7.99. The van der Waals surface area contributed by atoms with Crippen molar-refractivity contribution in [3.8, 4) is 17.3 Å². The van der Waals surface area contributed by atoms with Crippen LogP contribution in [0, 0.1) is 0 Å². The van der Waals surface area contributed by atoms with Crippen LogP contribution in [0.5, 0.6) is 0 Å². The van der Waals surface area contributed by atoms with Gasteiger partial charge in [-0.3, -0.25) is 5.32 Å². The summed E-state index contributed by atoms with van der Waals surface area (Å²) in [5.41, 5.74) is 1.70. The van der Waals surface area contributed by atoms with Gasteiger partial charge >= 0.3 is 6.01 Å². The van der Waals surface area contributed by atoms with Crippen LogP contribution >= 0.6 is 15.9 Å². The monoisotopic (exact) mass is 466 g/mol. The number of halogens is 1. The van der Waals surface area contributed by atoms with Gasteiger partial charge in [0.2, 0.25) is 5.88 Å². The minimum atomic E-state index is 0.162. The van der Waals surface area contributed by atoms with Gasteiger partial charge in [0.15, 0.2) is 17.8 Å². The molecule has 0 aromatic carbocycles. The number of allylic oxidation sites excluding steroid dienone is 4. The Labute approximate surface area is 179 Å². The molecule has 0 bridgehead atoms. The van der Waals surface area contributed by atoms with E-state index in [1.54, 1.807) is 35.6 Å². The Balaban J connectivity index is 1.34. The van der Waals surface area contributed by atoms with Gasteiger partial charge in [-0.2, -0.15) is 5.10 Å². The van der Waals surface area contributed by atoms with Crippen LogP contribution in [0.15, 0.2) is 87.6 Å². The van der Waals surface area contributed by atoms with Crippen molar-refractivity contribution in [1.29, 1.82) is 0 Å². The lowest BCUT2D eigenvalue weighted by atomic mass is 10.0. The van der Waals surface area contributed by atoms with Crippen LogP contribution in [-0.2, 0) is 9.47 Å². The molecule has 2 aliphatic rings. The number of aromatic nitrogens is 5. The first-order chi connectivity index (χ1) is 14.8. The van der Waals surface area contributed by atoms with Crippen molar-refractivity contribution in [3.05, 3.63) is 83.2 Å². The Kier molecular flexibility index (Phi) is 4.89. The molecule has 3 aromatic rings. The first-order valence-electron chi connectivity index (χ1n) is 9.12. The second-order valence-electron chi connectivity index (χ2n) is 6.38. The summed E-state index contributed by atoms with van der Waals surface area (Å²) in [5, 5.41) is 15.4. The summed E-state index contributed by atoms with van der Waals surface area (Å²) >= 11 is 3.39. The summed E-state index contributed by atoms with van der Waals surface area (Å²) in [6, 6.07) is 3.78. The van der Waals surface area contributed by atoms with E-state index < -0.39 is 0 Å². The molecule has 0 fully saturated rings. The van der Waals surface area contributed by atoms with Gasteiger partial charge in [0.1, 0.15) is 6.26 Å². The maximum atomic E-state index is 5.87. The summed E-state index contributed by atoms with van der Waals surface area (Å²) in [6.45, 7) is 0. The Morgan fingerprint density at radius 2 is 2.17 bits per heavy atom. The molecule has 30 heavy (non-hydrogen) atoms.